The number of anilines is 1. The maximum absolute atomic E-state index is 15.1. The van der Waals surface area contributed by atoms with E-state index in [1.165, 1.54) is 19.0 Å². The third-order valence-corrected chi connectivity index (χ3v) is 7.53. The molecule has 7 nitrogen and oxygen atoms in total. The molecule has 8 heteroatoms. The van der Waals surface area contributed by atoms with Crippen molar-refractivity contribution in [2.75, 3.05) is 5.32 Å². The molecule has 2 aliphatic rings. The van der Waals surface area contributed by atoms with Crippen LogP contribution in [-0.4, -0.2) is 34.7 Å². The third-order valence-electron chi connectivity index (χ3n) is 7.53. The molecule has 0 saturated heterocycles. The van der Waals surface area contributed by atoms with E-state index in [2.05, 4.69) is 45.7 Å². The molecule has 1 N–H and O–H groups in total. The van der Waals surface area contributed by atoms with Crippen molar-refractivity contribution < 1.29 is 4.39 Å². The second-order valence-electron chi connectivity index (χ2n) is 10.3. The summed E-state index contributed by atoms with van der Waals surface area (Å²) in [6.45, 7) is 8.53. The van der Waals surface area contributed by atoms with Crippen LogP contribution in [0.5, 0.6) is 0 Å². The number of aromatic nitrogens is 6. The lowest BCUT2D eigenvalue weighted by Crippen LogP contribution is -2.34. The van der Waals surface area contributed by atoms with Gasteiger partial charge in [0.1, 0.15) is 11.3 Å². The molecule has 0 unspecified atom stereocenters. The molecule has 2 saturated carbocycles. The van der Waals surface area contributed by atoms with Crippen LogP contribution in [0.15, 0.2) is 24.5 Å². The number of nitrogens with one attached hydrogen (secondary N) is 1. The van der Waals surface area contributed by atoms with Crippen LogP contribution in [0.3, 0.4) is 0 Å². The summed E-state index contributed by atoms with van der Waals surface area (Å²) >= 11 is 0. The monoisotopic (exact) mass is 433 g/mol. The van der Waals surface area contributed by atoms with E-state index in [-0.39, 0.29) is 17.4 Å². The van der Waals surface area contributed by atoms with Gasteiger partial charge in [-0.15, -0.1) is 5.10 Å². The largest absolute Gasteiger partial charge is 0.348 e. The number of imidazole rings is 1. The molecule has 2 bridgehead atoms. The summed E-state index contributed by atoms with van der Waals surface area (Å²) < 4.78 is 18.8. The van der Waals surface area contributed by atoms with Crippen LogP contribution in [0.4, 0.5) is 10.3 Å². The molecular weight excluding hydrogens is 405 g/mol. The highest BCUT2D eigenvalue weighted by Crippen LogP contribution is 2.57. The van der Waals surface area contributed by atoms with E-state index in [0.29, 0.717) is 28.1 Å². The van der Waals surface area contributed by atoms with Crippen molar-refractivity contribution in [2.24, 2.45) is 5.41 Å². The molecule has 0 atom stereocenters. The van der Waals surface area contributed by atoms with Gasteiger partial charge >= 0.3 is 0 Å². The molecule has 2 aliphatic carbocycles. The van der Waals surface area contributed by atoms with Gasteiger partial charge in [0.2, 0.25) is 5.95 Å². The van der Waals surface area contributed by atoms with E-state index in [4.69, 9.17) is 4.98 Å². The molecule has 32 heavy (non-hydrogen) atoms. The zero-order valence-corrected chi connectivity index (χ0v) is 19.0. The topological polar surface area (TPSA) is 72.9 Å². The van der Waals surface area contributed by atoms with E-state index in [1.54, 1.807) is 10.7 Å². The van der Waals surface area contributed by atoms with Crippen LogP contribution in [0.2, 0.25) is 0 Å². The van der Waals surface area contributed by atoms with Crippen LogP contribution in [-0.2, 0) is 0 Å². The molecule has 0 amide bonds. The SMILES string of the molecule is Cc1nc2ccc(-c3c(F)cn4nc(NC56CCC(C)(CC5)C6)ncc34)nc2n1C(C)C. The average Bonchev–Trinajstić information content (AvgIpc) is 3.43. The molecule has 0 radical (unpaired) electrons. The molecular formula is C24H28FN7. The minimum atomic E-state index is -0.358. The summed E-state index contributed by atoms with van der Waals surface area (Å²) in [5.41, 5.74) is 3.67. The minimum absolute atomic E-state index is 0.0800. The molecule has 6 rings (SSSR count). The van der Waals surface area contributed by atoms with Gasteiger partial charge < -0.3 is 9.88 Å². The van der Waals surface area contributed by atoms with Gasteiger partial charge in [-0.3, -0.25) is 0 Å². The molecule has 166 valence electrons. The Kier molecular flexibility index (Phi) is 3.99. The van der Waals surface area contributed by atoms with Gasteiger partial charge in [0, 0.05) is 11.6 Å². The van der Waals surface area contributed by atoms with Crippen LogP contribution >= 0.6 is 0 Å². The van der Waals surface area contributed by atoms with Crippen molar-refractivity contribution in [2.45, 2.75) is 71.4 Å². The van der Waals surface area contributed by atoms with Gasteiger partial charge in [-0.2, -0.15) is 0 Å². The lowest BCUT2D eigenvalue weighted by Gasteiger charge is -2.28. The Morgan fingerprint density at radius 1 is 1.12 bits per heavy atom. The molecule has 0 aliphatic heterocycles. The Hall–Kier alpha value is -3.03. The summed E-state index contributed by atoms with van der Waals surface area (Å²) in [6, 6.07) is 3.93. The van der Waals surface area contributed by atoms with Gasteiger partial charge in [0.05, 0.1) is 29.2 Å². The van der Waals surface area contributed by atoms with Crippen LogP contribution in [0.1, 0.15) is 64.7 Å². The summed E-state index contributed by atoms with van der Waals surface area (Å²) in [5, 5.41) is 8.19. The Labute approximate surface area is 186 Å². The quantitative estimate of drug-likeness (QED) is 0.473. The number of pyridine rings is 1. The Bertz CT molecular complexity index is 1360. The Morgan fingerprint density at radius 2 is 1.91 bits per heavy atom. The summed E-state index contributed by atoms with van der Waals surface area (Å²) in [7, 11) is 0. The maximum atomic E-state index is 15.1. The van der Waals surface area contributed by atoms with E-state index in [0.717, 1.165) is 36.3 Å². The lowest BCUT2D eigenvalue weighted by molar-refractivity contribution is 0.330. The van der Waals surface area contributed by atoms with Crippen molar-refractivity contribution in [1.29, 1.82) is 0 Å². The number of nitrogens with zero attached hydrogens (tertiary/aromatic N) is 6. The first kappa shape index (κ1) is 19.6. The lowest BCUT2D eigenvalue weighted by atomic mass is 9.86. The van der Waals surface area contributed by atoms with E-state index >= 15 is 4.39 Å². The zero-order chi connectivity index (χ0) is 22.3. The minimum Gasteiger partial charge on any atom is -0.348 e. The standard InChI is InChI=1S/C24H28FN7/c1-14(2)32-15(3)27-18-6-5-17(28-21(18)32)20-16(25)12-31-19(20)11-26-22(30-31)29-24-9-7-23(4,13-24)8-10-24/h5-6,11-12,14H,7-10,13H2,1-4H3,(H,29,30). The van der Waals surface area contributed by atoms with Gasteiger partial charge in [-0.25, -0.2) is 23.9 Å². The first-order valence-electron chi connectivity index (χ1n) is 11.4. The fourth-order valence-electron chi connectivity index (χ4n) is 6.00. The maximum Gasteiger partial charge on any atom is 0.241 e. The van der Waals surface area contributed by atoms with Crippen LogP contribution < -0.4 is 5.32 Å². The van der Waals surface area contributed by atoms with Gasteiger partial charge in [0.15, 0.2) is 11.5 Å². The third kappa shape index (κ3) is 2.84. The highest BCUT2D eigenvalue weighted by atomic mass is 19.1. The van der Waals surface area contributed by atoms with Gasteiger partial charge in [0.25, 0.3) is 0 Å². The van der Waals surface area contributed by atoms with Crippen molar-refractivity contribution in [3.05, 3.63) is 36.2 Å². The highest BCUT2D eigenvalue weighted by molar-refractivity contribution is 5.83. The van der Waals surface area contributed by atoms with Crippen molar-refractivity contribution >= 4 is 22.6 Å². The Balaban J connectivity index is 1.40. The van der Waals surface area contributed by atoms with Crippen LogP contribution in [0, 0.1) is 18.2 Å². The average molecular weight is 434 g/mol. The summed E-state index contributed by atoms with van der Waals surface area (Å²) in [4.78, 5) is 13.9. The Morgan fingerprint density at radius 3 is 2.59 bits per heavy atom. The molecule has 4 aromatic rings. The van der Waals surface area contributed by atoms with Crippen molar-refractivity contribution in [3.63, 3.8) is 0 Å². The molecule has 0 aromatic carbocycles. The van der Waals surface area contributed by atoms with E-state index in [1.807, 2.05) is 19.1 Å². The molecule has 2 fully saturated rings. The number of hydrogen-bond donors (Lipinski definition) is 1. The smallest absolute Gasteiger partial charge is 0.241 e. The zero-order valence-electron chi connectivity index (χ0n) is 19.0. The van der Waals surface area contributed by atoms with Crippen LogP contribution in [0.25, 0.3) is 27.9 Å². The molecule has 4 aromatic heterocycles. The van der Waals surface area contributed by atoms with Crippen molar-refractivity contribution in [1.82, 2.24) is 29.1 Å². The fraction of sp³-hybridized carbons (Fsp3) is 0.500. The second kappa shape index (κ2) is 6.49. The predicted molar refractivity (Wildman–Crippen MR) is 122 cm³/mol. The second-order valence-corrected chi connectivity index (χ2v) is 10.3. The number of hydrogen-bond acceptors (Lipinski definition) is 5. The summed E-state index contributed by atoms with van der Waals surface area (Å²) in [6.07, 6.45) is 9.03. The first-order valence-corrected chi connectivity index (χ1v) is 11.4. The van der Waals surface area contributed by atoms with Gasteiger partial charge in [-0.1, -0.05) is 6.92 Å². The van der Waals surface area contributed by atoms with E-state index in [9.17, 15) is 0 Å². The number of halogens is 1. The van der Waals surface area contributed by atoms with Gasteiger partial charge in [-0.05, 0) is 70.4 Å². The number of aryl methyl sites for hydroxylation is 1. The number of rotatable bonds is 4. The molecule has 0 spiro atoms. The van der Waals surface area contributed by atoms with E-state index < -0.39 is 0 Å². The first-order chi connectivity index (χ1) is 15.3. The summed E-state index contributed by atoms with van der Waals surface area (Å²) in [5.74, 6) is 1.10. The highest BCUT2D eigenvalue weighted by Gasteiger charge is 2.52. The predicted octanol–water partition coefficient (Wildman–Crippen LogP) is 5.30. The normalized spacial score (nSPS) is 24.9. The molecule has 4 heterocycles. The van der Waals surface area contributed by atoms with Crippen molar-refractivity contribution in [3.8, 4) is 11.3 Å². The number of fused-ring (bicyclic) bond motifs is 4. The fourth-order valence-corrected chi connectivity index (χ4v) is 6.00.